The third-order valence-corrected chi connectivity index (χ3v) is 3.97. The summed E-state index contributed by atoms with van der Waals surface area (Å²) < 4.78 is 9.98. The fourth-order valence-corrected chi connectivity index (χ4v) is 2.51. The number of rotatable bonds is 6. The minimum Gasteiger partial charge on any atom is -0.419 e. The molecular weight excluding hydrogens is 408 g/mol. The molecule has 0 aliphatic carbocycles. The standard InChI is InChI=1S/C20H18N4O7/c1-12(13-5-4-6-21-10-13)23-31-16-8-14(7-15(9-16)24(27)28)22-11-17-18(25)29-20(2,3)30-19(17)26/h4-11,22H,1-3H3. The predicted octanol–water partition coefficient (Wildman–Crippen LogP) is 2.92. The highest BCUT2D eigenvalue weighted by Gasteiger charge is 2.38. The highest BCUT2D eigenvalue weighted by Crippen LogP contribution is 2.27. The van der Waals surface area contributed by atoms with E-state index >= 15 is 0 Å². The maximum atomic E-state index is 12.0. The van der Waals surface area contributed by atoms with E-state index in [0.29, 0.717) is 11.3 Å². The fourth-order valence-electron chi connectivity index (χ4n) is 2.51. The van der Waals surface area contributed by atoms with Gasteiger partial charge in [-0.1, -0.05) is 5.16 Å². The van der Waals surface area contributed by atoms with Crippen LogP contribution in [0.1, 0.15) is 26.3 Å². The summed E-state index contributed by atoms with van der Waals surface area (Å²) in [5, 5.41) is 17.9. The van der Waals surface area contributed by atoms with E-state index in [-0.39, 0.29) is 17.1 Å². The van der Waals surface area contributed by atoms with Crippen LogP contribution in [0.25, 0.3) is 0 Å². The van der Waals surface area contributed by atoms with E-state index < -0.39 is 28.2 Å². The lowest BCUT2D eigenvalue weighted by molar-refractivity contribution is -0.384. The van der Waals surface area contributed by atoms with Gasteiger partial charge in [0.15, 0.2) is 11.3 Å². The smallest absolute Gasteiger partial charge is 0.350 e. The Morgan fingerprint density at radius 1 is 1.26 bits per heavy atom. The number of ether oxygens (including phenoxy) is 2. The first-order valence-corrected chi connectivity index (χ1v) is 8.99. The minimum atomic E-state index is -1.37. The Bertz CT molecular complexity index is 1070. The number of cyclic esters (lactones) is 2. The van der Waals surface area contributed by atoms with Crippen molar-refractivity contribution in [3.63, 3.8) is 0 Å². The highest BCUT2D eigenvalue weighted by molar-refractivity contribution is 6.15. The van der Waals surface area contributed by atoms with Gasteiger partial charge < -0.3 is 19.6 Å². The topological polar surface area (TPSA) is 142 Å². The lowest BCUT2D eigenvalue weighted by Crippen LogP contribution is -2.42. The maximum Gasteiger partial charge on any atom is 0.350 e. The normalized spacial score (nSPS) is 15.6. The molecule has 1 aromatic heterocycles. The number of benzene rings is 1. The van der Waals surface area contributed by atoms with Gasteiger partial charge >= 0.3 is 11.9 Å². The van der Waals surface area contributed by atoms with Crippen molar-refractivity contribution in [3.8, 4) is 5.75 Å². The van der Waals surface area contributed by atoms with Gasteiger partial charge in [-0.25, -0.2) is 9.59 Å². The molecule has 1 aliphatic heterocycles. The van der Waals surface area contributed by atoms with Gasteiger partial charge in [-0.15, -0.1) is 0 Å². The Hall–Kier alpha value is -4.28. The number of nitro groups is 1. The number of hydrogen-bond acceptors (Lipinski definition) is 10. The largest absolute Gasteiger partial charge is 0.419 e. The summed E-state index contributed by atoms with van der Waals surface area (Å²) >= 11 is 0. The van der Waals surface area contributed by atoms with Crippen LogP contribution >= 0.6 is 0 Å². The third kappa shape index (κ3) is 5.41. The summed E-state index contributed by atoms with van der Waals surface area (Å²) in [6.07, 6.45) is 4.26. The van der Waals surface area contributed by atoms with Crippen LogP contribution in [0.4, 0.5) is 11.4 Å². The first-order chi connectivity index (χ1) is 14.6. The Balaban J connectivity index is 1.83. The zero-order valence-electron chi connectivity index (χ0n) is 16.8. The number of nitro benzene ring substituents is 1. The van der Waals surface area contributed by atoms with Gasteiger partial charge in [0.2, 0.25) is 0 Å². The van der Waals surface area contributed by atoms with Gasteiger partial charge in [-0.2, -0.15) is 0 Å². The summed E-state index contributed by atoms with van der Waals surface area (Å²) in [5.74, 6) is -3.07. The SMILES string of the molecule is CC(=NOc1cc(NC=C2C(=O)OC(C)(C)OC2=O)cc([N+](=O)[O-])c1)c1cccnc1. The summed E-state index contributed by atoms with van der Waals surface area (Å²) in [5.41, 5.74) is 0.720. The average Bonchev–Trinajstić information content (AvgIpc) is 2.71. The molecule has 0 amide bonds. The minimum absolute atomic E-state index is 0.0632. The molecule has 2 aromatic rings. The molecule has 11 heteroatoms. The van der Waals surface area contributed by atoms with E-state index in [0.717, 1.165) is 6.20 Å². The number of nitrogens with one attached hydrogen (secondary N) is 1. The molecule has 0 spiro atoms. The second-order valence-electron chi connectivity index (χ2n) is 6.86. The number of carbonyl (C=O) groups excluding carboxylic acids is 2. The van der Waals surface area contributed by atoms with Crippen molar-refractivity contribution in [1.82, 2.24) is 4.98 Å². The van der Waals surface area contributed by atoms with Crippen molar-refractivity contribution < 1.29 is 28.8 Å². The van der Waals surface area contributed by atoms with Crippen molar-refractivity contribution in [2.75, 3.05) is 5.32 Å². The molecular formula is C20H18N4O7. The molecule has 0 radical (unpaired) electrons. The van der Waals surface area contributed by atoms with Crippen LogP contribution < -0.4 is 10.2 Å². The van der Waals surface area contributed by atoms with Gasteiger partial charge in [-0.05, 0) is 19.1 Å². The number of anilines is 1. The number of aromatic nitrogens is 1. The van der Waals surface area contributed by atoms with Gasteiger partial charge in [0.1, 0.15) is 0 Å². The van der Waals surface area contributed by atoms with Crippen molar-refractivity contribution in [2.24, 2.45) is 5.16 Å². The molecule has 0 bridgehead atoms. The lowest BCUT2D eigenvalue weighted by atomic mass is 10.2. The number of carbonyl (C=O) groups is 2. The maximum absolute atomic E-state index is 12.0. The molecule has 0 unspecified atom stereocenters. The second kappa shape index (κ2) is 8.61. The van der Waals surface area contributed by atoms with E-state index in [1.165, 1.54) is 32.0 Å². The van der Waals surface area contributed by atoms with Crippen molar-refractivity contribution in [2.45, 2.75) is 26.6 Å². The molecule has 160 valence electrons. The Labute approximate surface area is 176 Å². The monoisotopic (exact) mass is 426 g/mol. The van der Waals surface area contributed by atoms with Gasteiger partial charge in [0, 0.05) is 55.8 Å². The van der Waals surface area contributed by atoms with Crippen LogP contribution in [0.2, 0.25) is 0 Å². The Morgan fingerprint density at radius 2 is 1.97 bits per heavy atom. The molecule has 1 saturated heterocycles. The first kappa shape index (κ1) is 21.4. The van der Waals surface area contributed by atoms with E-state index in [2.05, 4.69) is 15.5 Å². The van der Waals surface area contributed by atoms with E-state index in [4.69, 9.17) is 14.3 Å². The summed E-state index contributed by atoms with van der Waals surface area (Å²) in [6.45, 7) is 4.54. The summed E-state index contributed by atoms with van der Waals surface area (Å²) in [6, 6.07) is 7.31. The van der Waals surface area contributed by atoms with Crippen LogP contribution in [0.15, 0.2) is 59.7 Å². The van der Waals surface area contributed by atoms with Crippen molar-refractivity contribution in [1.29, 1.82) is 0 Å². The average molecular weight is 426 g/mol. The zero-order valence-corrected chi connectivity index (χ0v) is 16.8. The summed E-state index contributed by atoms with van der Waals surface area (Å²) in [7, 11) is 0. The lowest BCUT2D eigenvalue weighted by Gasteiger charge is -2.29. The number of hydrogen-bond donors (Lipinski definition) is 1. The van der Waals surface area contributed by atoms with Crippen molar-refractivity contribution >= 4 is 29.0 Å². The molecule has 1 N–H and O–H groups in total. The number of nitrogens with zero attached hydrogens (tertiary/aromatic N) is 3. The van der Waals surface area contributed by atoms with E-state index in [1.54, 1.807) is 31.5 Å². The van der Waals surface area contributed by atoms with Gasteiger partial charge in [0.25, 0.3) is 11.5 Å². The molecule has 11 nitrogen and oxygen atoms in total. The van der Waals surface area contributed by atoms with Gasteiger partial charge in [-0.3, -0.25) is 15.1 Å². The van der Waals surface area contributed by atoms with Crippen LogP contribution in [0.3, 0.4) is 0 Å². The van der Waals surface area contributed by atoms with E-state index in [9.17, 15) is 19.7 Å². The van der Waals surface area contributed by atoms with Crippen LogP contribution in [0, 0.1) is 10.1 Å². The Morgan fingerprint density at radius 3 is 2.58 bits per heavy atom. The number of non-ortho nitro benzene ring substituents is 1. The number of oxime groups is 1. The summed E-state index contributed by atoms with van der Waals surface area (Å²) in [4.78, 5) is 44.0. The molecule has 0 saturated carbocycles. The highest BCUT2D eigenvalue weighted by atomic mass is 16.7. The molecule has 2 heterocycles. The molecule has 1 aromatic carbocycles. The number of pyridine rings is 1. The van der Waals surface area contributed by atoms with Gasteiger partial charge in [0.05, 0.1) is 16.7 Å². The fraction of sp³-hybridized carbons (Fsp3) is 0.200. The quantitative estimate of drug-likeness (QED) is 0.184. The zero-order chi connectivity index (χ0) is 22.6. The van der Waals surface area contributed by atoms with Crippen LogP contribution in [-0.4, -0.2) is 33.3 Å². The predicted molar refractivity (Wildman–Crippen MR) is 108 cm³/mol. The molecule has 0 atom stereocenters. The van der Waals surface area contributed by atoms with Crippen LogP contribution in [-0.2, 0) is 19.1 Å². The van der Waals surface area contributed by atoms with Crippen LogP contribution in [0.5, 0.6) is 5.75 Å². The van der Waals surface area contributed by atoms with Crippen molar-refractivity contribution in [3.05, 3.63) is 70.2 Å². The first-order valence-electron chi connectivity index (χ1n) is 8.99. The second-order valence-corrected chi connectivity index (χ2v) is 6.86. The molecule has 1 fully saturated rings. The van der Waals surface area contributed by atoms with E-state index in [1.807, 2.05) is 0 Å². The Kier molecular flexibility index (Phi) is 5.95. The molecule has 3 rings (SSSR count). The number of esters is 2. The molecule has 1 aliphatic rings. The third-order valence-electron chi connectivity index (χ3n) is 3.97. The molecule has 31 heavy (non-hydrogen) atoms.